The summed E-state index contributed by atoms with van der Waals surface area (Å²) in [5, 5.41) is 3.49. The topological polar surface area (TPSA) is 38.0 Å². The minimum Gasteiger partial charge on any atom is -0.385 e. The molecule has 1 aromatic carbocycles. The van der Waals surface area contributed by atoms with Gasteiger partial charge in [-0.15, -0.1) is 0 Å². The van der Waals surface area contributed by atoms with Gasteiger partial charge in [0.25, 0.3) is 0 Å². The van der Waals surface area contributed by atoms with Gasteiger partial charge in [-0.1, -0.05) is 64.0 Å². The van der Waals surface area contributed by atoms with Crippen molar-refractivity contribution in [1.29, 1.82) is 0 Å². The van der Waals surface area contributed by atoms with Gasteiger partial charge in [-0.05, 0) is 37.1 Å². The highest BCUT2D eigenvalue weighted by Gasteiger charge is 1.95. The summed E-state index contributed by atoms with van der Waals surface area (Å²) in [6.45, 7) is 4.09. The van der Waals surface area contributed by atoms with Gasteiger partial charge in [0.2, 0.25) is 0 Å². The standard InChI is InChI=1S/C18H32N2/c1-2-3-4-5-6-7-8-9-16-20-18-12-10-17(11-13-18)14-15-19/h10-13,20H,2-9,14-16,19H2,1H3. The molecule has 0 atom stereocenters. The number of hydrogen-bond acceptors (Lipinski definition) is 2. The maximum Gasteiger partial charge on any atom is 0.0340 e. The predicted molar refractivity (Wildman–Crippen MR) is 90.3 cm³/mol. The molecule has 0 radical (unpaired) electrons. The van der Waals surface area contributed by atoms with Crippen molar-refractivity contribution >= 4 is 5.69 Å². The van der Waals surface area contributed by atoms with E-state index < -0.39 is 0 Å². The molecule has 0 unspecified atom stereocenters. The third-order valence-corrected chi connectivity index (χ3v) is 3.75. The molecule has 2 heteroatoms. The molecule has 0 aliphatic rings. The highest BCUT2D eigenvalue weighted by Crippen LogP contribution is 2.11. The molecule has 0 heterocycles. The van der Waals surface area contributed by atoms with Gasteiger partial charge >= 0.3 is 0 Å². The fourth-order valence-electron chi connectivity index (χ4n) is 2.45. The first kappa shape index (κ1) is 17.0. The molecule has 0 saturated heterocycles. The molecule has 114 valence electrons. The molecule has 0 aliphatic carbocycles. The molecular formula is C18H32N2. The molecule has 0 amide bonds. The summed E-state index contributed by atoms with van der Waals surface area (Å²) in [5.74, 6) is 0. The molecule has 3 N–H and O–H groups in total. The van der Waals surface area contributed by atoms with E-state index >= 15 is 0 Å². The van der Waals surface area contributed by atoms with Crippen LogP contribution in [0.3, 0.4) is 0 Å². The fraction of sp³-hybridized carbons (Fsp3) is 0.667. The minimum atomic E-state index is 0.727. The van der Waals surface area contributed by atoms with Crippen molar-refractivity contribution in [1.82, 2.24) is 0 Å². The van der Waals surface area contributed by atoms with Gasteiger partial charge in [0.1, 0.15) is 0 Å². The zero-order chi connectivity index (χ0) is 14.5. The van der Waals surface area contributed by atoms with E-state index in [-0.39, 0.29) is 0 Å². The van der Waals surface area contributed by atoms with Crippen molar-refractivity contribution in [3.8, 4) is 0 Å². The SMILES string of the molecule is CCCCCCCCCCNc1ccc(CCN)cc1. The van der Waals surface area contributed by atoms with Gasteiger partial charge in [0.15, 0.2) is 0 Å². The lowest BCUT2D eigenvalue weighted by Crippen LogP contribution is -2.04. The molecule has 1 aromatic rings. The number of nitrogens with two attached hydrogens (primary N) is 1. The summed E-state index contributed by atoms with van der Waals surface area (Å²) in [6, 6.07) is 8.66. The van der Waals surface area contributed by atoms with E-state index in [0.29, 0.717) is 0 Å². The van der Waals surface area contributed by atoms with E-state index in [1.54, 1.807) is 0 Å². The first-order chi connectivity index (χ1) is 9.86. The van der Waals surface area contributed by atoms with Crippen LogP contribution >= 0.6 is 0 Å². The second-order valence-corrected chi connectivity index (χ2v) is 5.64. The second kappa shape index (κ2) is 11.8. The van der Waals surface area contributed by atoms with Crippen molar-refractivity contribution in [2.45, 2.75) is 64.7 Å². The summed E-state index contributed by atoms with van der Waals surface area (Å²) in [7, 11) is 0. The first-order valence-corrected chi connectivity index (χ1v) is 8.39. The number of nitrogens with one attached hydrogen (secondary N) is 1. The molecule has 1 rings (SSSR count). The highest BCUT2D eigenvalue weighted by atomic mass is 14.9. The maximum atomic E-state index is 5.55. The van der Waals surface area contributed by atoms with Gasteiger partial charge in [0.05, 0.1) is 0 Å². The van der Waals surface area contributed by atoms with Crippen molar-refractivity contribution in [2.24, 2.45) is 5.73 Å². The highest BCUT2D eigenvalue weighted by molar-refractivity contribution is 5.44. The Morgan fingerprint density at radius 1 is 0.850 bits per heavy atom. The van der Waals surface area contributed by atoms with E-state index in [9.17, 15) is 0 Å². The Bertz CT molecular complexity index is 319. The Kier molecular flexibility index (Phi) is 10.0. The first-order valence-electron chi connectivity index (χ1n) is 8.39. The number of unbranched alkanes of at least 4 members (excludes halogenated alkanes) is 7. The third kappa shape index (κ3) is 8.21. The molecule has 2 nitrogen and oxygen atoms in total. The van der Waals surface area contributed by atoms with Crippen LogP contribution in [0.2, 0.25) is 0 Å². The average Bonchev–Trinajstić information content (AvgIpc) is 2.47. The van der Waals surface area contributed by atoms with Crippen molar-refractivity contribution in [3.63, 3.8) is 0 Å². The van der Waals surface area contributed by atoms with E-state index in [4.69, 9.17) is 5.73 Å². The Balaban J connectivity index is 1.98. The number of hydrogen-bond donors (Lipinski definition) is 2. The predicted octanol–water partition coefficient (Wildman–Crippen LogP) is 4.74. The number of anilines is 1. The lowest BCUT2D eigenvalue weighted by Gasteiger charge is -2.07. The number of rotatable bonds is 12. The van der Waals surface area contributed by atoms with Gasteiger partial charge in [-0.2, -0.15) is 0 Å². The van der Waals surface area contributed by atoms with Crippen LogP contribution in [0.15, 0.2) is 24.3 Å². The Morgan fingerprint density at radius 2 is 1.45 bits per heavy atom. The van der Waals surface area contributed by atoms with Crippen LogP contribution in [0.4, 0.5) is 5.69 Å². The molecule has 0 bridgehead atoms. The summed E-state index contributed by atoms with van der Waals surface area (Å²) in [5.41, 5.74) is 8.10. The zero-order valence-corrected chi connectivity index (χ0v) is 13.2. The molecule has 20 heavy (non-hydrogen) atoms. The monoisotopic (exact) mass is 276 g/mol. The Hall–Kier alpha value is -1.02. The lowest BCUT2D eigenvalue weighted by atomic mass is 10.1. The van der Waals surface area contributed by atoms with E-state index in [0.717, 1.165) is 19.5 Å². The molecule has 0 fully saturated rings. The summed E-state index contributed by atoms with van der Waals surface area (Å²) in [4.78, 5) is 0. The smallest absolute Gasteiger partial charge is 0.0340 e. The van der Waals surface area contributed by atoms with Crippen LogP contribution in [0.5, 0.6) is 0 Å². The van der Waals surface area contributed by atoms with Crippen LogP contribution in [0.25, 0.3) is 0 Å². The van der Waals surface area contributed by atoms with Gasteiger partial charge in [0, 0.05) is 12.2 Å². The molecule has 0 saturated carbocycles. The molecular weight excluding hydrogens is 244 g/mol. The van der Waals surface area contributed by atoms with E-state index in [2.05, 4.69) is 36.5 Å². The second-order valence-electron chi connectivity index (χ2n) is 5.64. The zero-order valence-electron chi connectivity index (χ0n) is 13.2. The van der Waals surface area contributed by atoms with Crippen LogP contribution in [-0.2, 0) is 6.42 Å². The van der Waals surface area contributed by atoms with E-state index in [1.807, 2.05) is 0 Å². The molecule has 0 aliphatic heterocycles. The Labute approximate surface area is 125 Å². The number of benzene rings is 1. The van der Waals surface area contributed by atoms with Gasteiger partial charge in [-0.3, -0.25) is 0 Å². The summed E-state index contributed by atoms with van der Waals surface area (Å²) in [6.07, 6.45) is 12.0. The maximum absolute atomic E-state index is 5.55. The molecule has 0 aromatic heterocycles. The molecule has 0 spiro atoms. The largest absolute Gasteiger partial charge is 0.385 e. The quantitative estimate of drug-likeness (QED) is 0.541. The van der Waals surface area contributed by atoms with Crippen molar-refractivity contribution in [2.75, 3.05) is 18.4 Å². The summed E-state index contributed by atoms with van der Waals surface area (Å²) >= 11 is 0. The normalized spacial score (nSPS) is 10.7. The van der Waals surface area contributed by atoms with Crippen molar-refractivity contribution < 1.29 is 0 Å². The Morgan fingerprint density at radius 3 is 2.05 bits per heavy atom. The lowest BCUT2D eigenvalue weighted by molar-refractivity contribution is 0.581. The van der Waals surface area contributed by atoms with Crippen LogP contribution in [-0.4, -0.2) is 13.1 Å². The fourth-order valence-corrected chi connectivity index (χ4v) is 2.45. The minimum absolute atomic E-state index is 0.727. The van der Waals surface area contributed by atoms with Gasteiger partial charge in [-0.25, -0.2) is 0 Å². The average molecular weight is 276 g/mol. The summed E-state index contributed by atoms with van der Waals surface area (Å²) < 4.78 is 0. The van der Waals surface area contributed by atoms with Crippen LogP contribution in [0.1, 0.15) is 63.9 Å². The van der Waals surface area contributed by atoms with Crippen molar-refractivity contribution in [3.05, 3.63) is 29.8 Å². The van der Waals surface area contributed by atoms with E-state index in [1.165, 1.54) is 62.6 Å². The van der Waals surface area contributed by atoms with Crippen LogP contribution in [0, 0.1) is 0 Å². The van der Waals surface area contributed by atoms with Gasteiger partial charge < -0.3 is 11.1 Å². The van der Waals surface area contributed by atoms with Crippen LogP contribution < -0.4 is 11.1 Å². The third-order valence-electron chi connectivity index (χ3n) is 3.75.